The van der Waals surface area contributed by atoms with E-state index in [4.69, 9.17) is 5.11 Å². The van der Waals surface area contributed by atoms with E-state index in [0.29, 0.717) is 5.92 Å². The average molecular weight is 226 g/mol. The van der Waals surface area contributed by atoms with Crippen LogP contribution in [0.1, 0.15) is 39.0 Å². The number of nitrogens with one attached hydrogen (secondary N) is 2. The van der Waals surface area contributed by atoms with E-state index in [2.05, 4.69) is 17.6 Å². The molecule has 1 aliphatic carbocycles. The molecule has 1 unspecified atom stereocenters. The fourth-order valence-electron chi connectivity index (χ4n) is 2.74. The zero-order chi connectivity index (χ0) is 11.6. The van der Waals surface area contributed by atoms with Crippen LogP contribution in [-0.2, 0) is 4.79 Å². The van der Waals surface area contributed by atoms with Gasteiger partial charge in [-0.05, 0) is 44.6 Å². The summed E-state index contributed by atoms with van der Waals surface area (Å²) < 4.78 is 0. The molecule has 3 N–H and O–H groups in total. The number of aliphatic hydroxyl groups excluding tert-OH is 1. The topological polar surface area (TPSA) is 61.4 Å². The summed E-state index contributed by atoms with van der Waals surface area (Å²) in [7, 11) is 0. The molecule has 1 atom stereocenters. The van der Waals surface area contributed by atoms with Crippen molar-refractivity contribution in [2.24, 2.45) is 5.92 Å². The molecule has 4 heteroatoms. The molecule has 92 valence electrons. The standard InChI is InChI=1S/C12H22N2O2/c1-2-12(4-3-5-14-12)11(16)13-8-9-6-10(15)7-9/h9-10,14-15H,2-8H2,1H3,(H,13,16). The van der Waals surface area contributed by atoms with E-state index in [1.54, 1.807) is 0 Å². The van der Waals surface area contributed by atoms with Gasteiger partial charge in [-0.3, -0.25) is 4.79 Å². The van der Waals surface area contributed by atoms with Crippen LogP contribution in [0.4, 0.5) is 0 Å². The Labute approximate surface area is 96.8 Å². The Morgan fingerprint density at radius 1 is 1.56 bits per heavy atom. The van der Waals surface area contributed by atoms with Crippen molar-refractivity contribution in [3.63, 3.8) is 0 Å². The first-order valence-electron chi connectivity index (χ1n) is 6.37. The third kappa shape index (κ3) is 2.23. The normalized spacial score (nSPS) is 38.1. The summed E-state index contributed by atoms with van der Waals surface area (Å²) in [6.07, 6.45) is 4.43. The van der Waals surface area contributed by atoms with Crippen LogP contribution >= 0.6 is 0 Å². The van der Waals surface area contributed by atoms with Gasteiger partial charge in [-0.15, -0.1) is 0 Å². The minimum Gasteiger partial charge on any atom is -0.393 e. The van der Waals surface area contributed by atoms with Crippen LogP contribution in [0.2, 0.25) is 0 Å². The van der Waals surface area contributed by atoms with E-state index >= 15 is 0 Å². The van der Waals surface area contributed by atoms with Gasteiger partial charge in [0.05, 0.1) is 11.6 Å². The number of carbonyl (C=O) groups is 1. The lowest BCUT2D eigenvalue weighted by Gasteiger charge is -2.33. The molecule has 1 amide bonds. The second-order valence-corrected chi connectivity index (χ2v) is 5.17. The highest BCUT2D eigenvalue weighted by molar-refractivity contribution is 5.86. The minimum absolute atomic E-state index is 0.133. The number of carbonyl (C=O) groups excluding carboxylic acids is 1. The van der Waals surface area contributed by atoms with Crippen LogP contribution in [0.5, 0.6) is 0 Å². The van der Waals surface area contributed by atoms with Gasteiger partial charge in [0.15, 0.2) is 0 Å². The van der Waals surface area contributed by atoms with Crippen LogP contribution < -0.4 is 10.6 Å². The Kier molecular flexibility index (Phi) is 3.50. The van der Waals surface area contributed by atoms with Gasteiger partial charge in [0, 0.05) is 6.54 Å². The van der Waals surface area contributed by atoms with Gasteiger partial charge in [0.2, 0.25) is 5.91 Å². The van der Waals surface area contributed by atoms with Crippen molar-refractivity contribution < 1.29 is 9.90 Å². The Bertz CT molecular complexity index is 256. The molecular formula is C12H22N2O2. The first-order valence-corrected chi connectivity index (χ1v) is 6.37. The monoisotopic (exact) mass is 226 g/mol. The van der Waals surface area contributed by atoms with Gasteiger partial charge in [0.25, 0.3) is 0 Å². The fraction of sp³-hybridized carbons (Fsp3) is 0.917. The molecule has 2 aliphatic rings. The summed E-state index contributed by atoms with van der Waals surface area (Å²) >= 11 is 0. The zero-order valence-corrected chi connectivity index (χ0v) is 9.96. The Morgan fingerprint density at radius 3 is 2.81 bits per heavy atom. The maximum Gasteiger partial charge on any atom is 0.240 e. The first kappa shape index (κ1) is 11.9. The molecule has 4 nitrogen and oxygen atoms in total. The Hall–Kier alpha value is -0.610. The molecule has 1 heterocycles. The maximum absolute atomic E-state index is 12.1. The van der Waals surface area contributed by atoms with E-state index in [0.717, 1.165) is 45.2 Å². The average Bonchev–Trinajstić information content (AvgIpc) is 2.72. The summed E-state index contributed by atoms with van der Waals surface area (Å²) in [5, 5.41) is 15.5. The number of hydrogen-bond donors (Lipinski definition) is 3. The van der Waals surface area contributed by atoms with Gasteiger partial charge >= 0.3 is 0 Å². The number of aliphatic hydroxyl groups is 1. The van der Waals surface area contributed by atoms with Crippen LogP contribution in [0.25, 0.3) is 0 Å². The smallest absolute Gasteiger partial charge is 0.240 e. The second-order valence-electron chi connectivity index (χ2n) is 5.17. The van der Waals surface area contributed by atoms with Gasteiger partial charge < -0.3 is 15.7 Å². The summed E-state index contributed by atoms with van der Waals surface area (Å²) in [5.74, 6) is 0.628. The van der Waals surface area contributed by atoms with Crippen molar-refractivity contribution >= 4 is 5.91 Å². The van der Waals surface area contributed by atoms with Crippen molar-refractivity contribution in [3.05, 3.63) is 0 Å². The predicted octanol–water partition coefficient (Wildman–Crippen LogP) is 0.406. The summed E-state index contributed by atoms with van der Waals surface area (Å²) in [6.45, 7) is 3.73. The van der Waals surface area contributed by atoms with Crippen molar-refractivity contribution in [2.45, 2.75) is 50.7 Å². The van der Waals surface area contributed by atoms with Gasteiger partial charge in [-0.2, -0.15) is 0 Å². The van der Waals surface area contributed by atoms with Crippen molar-refractivity contribution in [3.8, 4) is 0 Å². The third-order valence-corrected chi connectivity index (χ3v) is 4.04. The van der Waals surface area contributed by atoms with Gasteiger partial charge in [0.1, 0.15) is 0 Å². The maximum atomic E-state index is 12.1. The summed E-state index contributed by atoms with van der Waals surface area (Å²) in [5.41, 5.74) is -0.317. The van der Waals surface area contributed by atoms with Crippen LogP contribution in [0.3, 0.4) is 0 Å². The van der Waals surface area contributed by atoms with Crippen molar-refractivity contribution in [1.29, 1.82) is 0 Å². The molecule has 0 spiro atoms. The fourth-order valence-corrected chi connectivity index (χ4v) is 2.74. The molecule has 0 radical (unpaired) electrons. The lowest BCUT2D eigenvalue weighted by Crippen LogP contribution is -2.54. The highest BCUT2D eigenvalue weighted by Gasteiger charge is 2.39. The van der Waals surface area contributed by atoms with Crippen molar-refractivity contribution in [2.75, 3.05) is 13.1 Å². The number of amides is 1. The highest BCUT2D eigenvalue weighted by atomic mass is 16.3. The Balaban J connectivity index is 1.78. The summed E-state index contributed by atoms with van der Waals surface area (Å²) in [4.78, 5) is 12.1. The predicted molar refractivity (Wildman–Crippen MR) is 62.0 cm³/mol. The lowest BCUT2D eigenvalue weighted by atomic mass is 9.82. The molecule has 0 bridgehead atoms. The molecule has 1 saturated heterocycles. The van der Waals surface area contributed by atoms with Crippen LogP contribution in [-0.4, -0.2) is 35.7 Å². The highest BCUT2D eigenvalue weighted by Crippen LogP contribution is 2.27. The molecule has 1 aliphatic heterocycles. The first-order chi connectivity index (χ1) is 7.66. The van der Waals surface area contributed by atoms with E-state index in [9.17, 15) is 4.79 Å². The molecule has 16 heavy (non-hydrogen) atoms. The number of hydrogen-bond acceptors (Lipinski definition) is 3. The van der Waals surface area contributed by atoms with Crippen LogP contribution in [0.15, 0.2) is 0 Å². The third-order valence-electron chi connectivity index (χ3n) is 4.04. The summed E-state index contributed by atoms with van der Waals surface area (Å²) in [6, 6.07) is 0. The molecule has 2 fully saturated rings. The van der Waals surface area contributed by atoms with Gasteiger partial charge in [-0.1, -0.05) is 6.92 Å². The molecular weight excluding hydrogens is 204 g/mol. The molecule has 0 aromatic rings. The quantitative estimate of drug-likeness (QED) is 0.650. The largest absolute Gasteiger partial charge is 0.393 e. The Morgan fingerprint density at radius 2 is 2.31 bits per heavy atom. The molecule has 2 rings (SSSR count). The van der Waals surface area contributed by atoms with E-state index < -0.39 is 0 Å². The van der Waals surface area contributed by atoms with E-state index in [1.165, 1.54) is 0 Å². The van der Waals surface area contributed by atoms with Crippen LogP contribution in [0, 0.1) is 5.92 Å². The van der Waals surface area contributed by atoms with Crippen molar-refractivity contribution in [1.82, 2.24) is 10.6 Å². The SMILES string of the molecule is CCC1(C(=O)NCC2CC(O)C2)CCCN1. The number of rotatable bonds is 4. The minimum atomic E-state index is -0.317. The zero-order valence-electron chi connectivity index (χ0n) is 9.96. The molecule has 0 aromatic heterocycles. The van der Waals surface area contributed by atoms with E-state index in [1.807, 2.05) is 0 Å². The lowest BCUT2D eigenvalue weighted by molar-refractivity contribution is -0.127. The van der Waals surface area contributed by atoms with Gasteiger partial charge in [-0.25, -0.2) is 0 Å². The van der Waals surface area contributed by atoms with E-state index in [-0.39, 0.29) is 17.6 Å². The molecule has 1 saturated carbocycles. The molecule has 0 aromatic carbocycles. The second kappa shape index (κ2) is 4.72.